The molecule has 17 heavy (non-hydrogen) atoms. The molecule has 1 aliphatic rings. The SMILES string of the molecule is CCc1nnc(OC2CCCNC2)nc1CC. The predicted octanol–water partition coefficient (Wildman–Crippen LogP) is 1.13. The average Bonchev–Trinajstić information content (AvgIpc) is 2.40. The molecule has 0 bridgehead atoms. The van der Waals surface area contributed by atoms with Crippen molar-refractivity contribution in [2.45, 2.75) is 45.6 Å². The van der Waals surface area contributed by atoms with E-state index in [2.05, 4.69) is 34.3 Å². The fourth-order valence-electron chi connectivity index (χ4n) is 2.04. The second-order valence-electron chi connectivity index (χ2n) is 4.28. The summed E-state index contributed by atoms with van der Waals surface area (Å²) in [4.78, 5) is 4.43. The van der Waals surface area contributed by atoms with Crippen LogP contribution < -0.4 is 10.1 Å². The summed E-state index contributed by atoms with van der Waals surface area (Å²) in [6.07, 6.45) is 4.13. The number of piperidine rings is 1. The average molecular weight is 236 g/mol. The summed E-state index contributed by atoms with van der Waals surface area (Å²) in [5.74, 6) is 0. The first-order chi connectivity index (χ1) is 8.33. The van der Waals surface area contributed by atoms with Crippen LogP contribution in [0.3, 0.4) is 0 Å². The van der Waals surface area contributed by atoms with E-state index in [1.54, 1.807) is 0 Å². The van der Waals surface area contributed by atoms with Crippen molar-refractivity contribution in [3.63, 3.8) is 0 Å². The molecule has 0 radical (unpaired) electrons. The minimum atomic E-state index is 0.183. The van der Waals surface area contributed by atoms with Gasteiger partial charge < -0.3 is 10.1 Å². The van der Waals surface area contributed by atoms with E-state index in [0.29, 0.717) is 6.01 Å². The van der Waals surface area contributed by atoms with E-state index in [4.69, 9.17) is 4.74 Å². The van der Waals surface area contributed by atoms with Gasteiger partial charge in [0.2, 0.25) is 0 Å². The molecule has 5 heteroatoms. The second-order valence-corrected chi connectivity index (χ2v) is 4.28. The Kier molecular flexibility index (Phi) is 4.25. The van der Waals surface area contributed by atoms with Crippen LogP contribution in [0.15, 0.2) is 0 Å². The van der Waals surface area contributed by atoms with Crippen LogP contribution >= 0.6 is 0 Å². The van der Waals surface area contributed by atoms with Crippen molar-refractivity contribution in [2.24, 2.45) is 0 Å². The molecule has 0 aromatic carbocycles. The zero-order chi connectivity index (χ0) is 12.1. The summed E-state index contributed by atoms with van der Waals surface area (Å²) >= 11 is 0. The highest BCUT2D eigenvalue weighted by Crippen LogP contribution is 2.12. The third kappa shape index (κ3) is 3.12. The van der Waals surface area contributed by atoms with Crippen LogP contribution in [0.5, 0.6) is 6.01 Å². The van der Waals surface area contributed by atoms with Crippen molar-refractivity contribution in [3.05, 3.63) is 11.4 Å². The van der Waals surface area contributed by atoms with Gasteiger partial charge in [-0.1, -0.05) is 18.9 Å². The van der Waals surface area contributed by atoms with Gasteiger partial charge in [0.15, 0.2) is 0 Å². The monoisotopic (exact) mass is 236 g/mol. The number of hydrogen-bond donors (Lipinski definition) is 1. The number of ether oxygens (including phenoxy) is 1. The molecule has 0 amide bonds. The third-order valence-electron chi connectivity index (χ3n) is 3.01. The minimum absolute atomic E-state index is 0.183. The molecule has 2 heterocycles. The van der Waals surface area contributed by atoms with Gasteiger partial charge in [0.05, 0.1) is 11.4 Å². The van der Waals surface area contributed by atoms with E-state index in [9.17, 15) is 0 Å². The van der Waals surface area contributed by atoms with Gasteiger partial charge in [-0.3, -0.25) is 0 Å². The van der Waals surface area contributed by atoms with Gasteiger partial charge in [-0.2, -0.15) is 4.98 Å². The molecule has 0 spiro atoms. The topological polar surface area (TPSA) is 59.9 Å². The lowest BCUT2D eigenvalue weighted by atomic mass is 10.1. The first kappa shape index (κ1) is 12.2. The van der Waals surface area contributed by atoms with Crippen molar-refractivity contribution < 1.29 is 4.74 Å². The first-order valence-electron chi connectivity index (χ1n) is 6.43. The summed E-state index contributed by atoms with van der Waals surface area (Å²) in [6, 6.07) is 0.424. The van der Waals surface area contributed by atoms with Gasteiger partial charge >= 0.3 is 6.01 Å². The molecular weight excluding hydrogens is 216 g/mol. The Bertz CT molecular complexity index is 364. The third-order valence-corrected chi connectivity index (χ3v) is 3.01. The van der Waals surface area contributed by atoms with Crippen LogP contribution in [-0.4, -0.2) is 34.4 Å². The molecule has 0 saturated carbocycles. The van der Waals surface area contributed by atoms with Crippen molar-refractivity contribution >= 4 is 0 Å². The maximum atomic E-state index is 5.75. The molecular formula is C12H20N4O. The molecule has 2 rings (SSSR count). The van der Waals surface area contributed by atoms with Crippen LogP contribution in [0, 0.1) is 0 Å². The summed E-state index contributed by atoms with van der Waals surface area (Å²) in [6.45, 7) is 6.10. The number of aromatic nitrogens is 3. The van der Waals surface area contributed by atoms with Gasteiger partial charge in [0, 0.05) is 6.54 Å². The van der Waals surface area contributed by atoms with Crippen LogP contribution in [0.25, 0.3) is 0 Å². The fourth-order valence-corrected chi connectivity index (χ4v) is 2.04. The van der Waals surface area contributed by atoms with E-state index >= 15 is 0 Å². The van der Waals surface area contributed by atoms with Gasteiger partial charge in [0.25, 0.3) is 0 Å². The maximum absolute atomic E-state index is 5.75. The van der Waals surface area contributed by atoms with Crippen LogP contribution in [0.2, 0.25) is 0 Å². The molecule has 1 aliphatic heterocycles. The van der Waals surface area contributed by atoms with Gasteiger partial charge in [-0.05, 0) is 32.2 Å². The highest BCUT2D eigenvalue weighted by molar-refractivity contribution is 5.12. The van der Waals surface area contributed by atoms with Crippen molar-refractivity contribution in [3.8, 4) is 6.01 Å². The minimum Gasteiger partial charge on any atom is -0.458 e. The highest BCUT2D eigenvalue weighted by Gasteiger charge is 2.16. The molecule has 1 N–H and O–H groups in total. The summed E-state index contributed by atoms with van der Waals surface area (Å²) < 4.78 is 5.75. The summed E-state index contributed by atoms with van der Waals surface area (Å²) in [5, 5.41) is 11.5. The largest absolute Gasteiger partial charge is 0.458 e. The highest BCUT2D eigenvalue weighted by atomic mass is 16.5. The molecule has 5 nitrogen and oxygen atoms in total. The quantitative estimate of drug-likeness (QED) is 0.849. The van der Waals surface area contributed by atoms with Gasteiger partial charge in [-0.15, -0.1) is 5.10 Å². The molecule has 1 atom stereocenters. The second kappa shape index (κ2) is 5.91. The van der Waals surface area contributed by atoms with E-state index in [1.807, 2.05) is 0 Å². The molecule has 1 unspecified atom stereocenters. The van der Waals surface area contributed by atoms with Crippen LogP contribution in [0.4, 0.5) is 0 Å². The lowest BCUT2D eigenvalue weighted by Crippen LogP contribution is -2.37. The first-order valence-corrected chi connectivity index (χ1v) is 6.43. The molecule has 94 valence electrons. The number of nitrogens with one attached hydrogen (secondary N) is 1. The molecule has 1 fully saturated rings. The zero-order valence-corrected chi connectivity index (χ0v) is 10.6. The van der Waals surface area contributed by atoms with E-state index in [1.165, 1.54) is 0 Å². The smallest absolute Gasteiger partial charge is 0.336 e. The molecule has 0 aliphatic carbocycles. The van der Waals surface area contributed by atoms with Crippen molar-refractivity contribution in [2.75, 3.05) is 13.1 Å². The normalized spacial score (nSPS) is 20.2. The maximum Gasteiger partial charge on any atom is 0.336 e. The summed E-state index contributed by atoms with van der Waals surface area (Å²) in [7, 11) is 0. The number of aryl methyl sites for hydroxylation is 2. The van der Waals surface area contributed by atoms with E-state index < -0.39 is 0 Å². The Hall–Kier alpha value is -1.23. The Morgan fingerprint density at radius 1 is 1.24 bits per heavy atom. The number of hydrogen-bond acceptors (Lipinski definition) is 5. The fraction of sp³-hybridized carbons (Fsp3) is 0.750. The predicted molar refractivity (Wildman–Crippen MR) is 65.1 cm³/mol. The Morgan fingerprint density at radius 3 is 2.71 bits per heavy atom. The Labute approximate surface area is 102 Å². The van der Waals surface area contributed by atoms with Gasteiger partial charge in [0.1, 0.15) is 6.10 Å². The van der Waals surface area contributed by atoms with E-state index in [0.717, 1.165) is 50.2 Å². The molecule has 1 saturated heterocycles. The van der Waals surface area contributed by atoms with Crippen molar-refractivity contribution in [1.82, 2.24) is 20.5 Å². The lowest BCUT2D eigenvalue weighted by Gasteiger charge is -2.22. The Balaban J connectivity index is 2.05. The Morgan fingerprint density at radius 2 is 2.06 bits per heavy atom. The van der Waals surface area contributed by atoms with E-state index in [-0.39, 0.29) is 6.10 Å². The molecule has 1 aromatic heterocycles. The lowest BCUT2D eigenvalue weighted by molar-refractivity contribution is 0.150. The van der Waals surface area contributed by atoms with Crippen molar-refractivity contribution in [1.29, 1.82) is 0 Å². The number of rotatable bonds is 4. The van der Waals surface area contributed by atoms with Gasteiger partial charge in [-0.25, -0.2) is 0 Å². The van der Waals surface area contributed by atoms with Crippen LogP contribution in [-0.2, 0) is 12.8 Å². The standard InChI is InChI=1S/C12H20N4O/c1-3-10-11(4-2)15-16-12(14-10)17-9-6-5-7-13-8-9/h9,13H,3-8H2,1-2H3. The molecule has 1 aromatic rings. The zero-order valence-electron chi connectivity index (χ0n) is 10.6. The number of nitrogens with zero attached hydrogens (tertiary/aromatic N) is 3. The summed E-state index contributed by atoms with van der Waals surface area (Å²) in [5.41, 5.74) is 1.97. The van der Waals surface area contributed by atoms with Crippen LogP contribution in [0.1, 0.15) is 38.1 Å².